The van der Waals surface area contributed by atoms with Crippen molar-refractivity contribution in [1.29, 1.82) is 0 Å². The van der Waals surface area contributed by atoms with E-state index in [-0.39, 0.29) is 24.8 Å². The van der Waals surface area contributed by atoms with Crippen molar-refractivity contribution in [3.8, 4) is 0 Å². The van der Waals surface area contributed by atoms with Gasteiger partial charge in [0, 0.05) is 36.2 Å². The molecule has 0 rings (SSSR count). The maximum atomic E-state index is 12.0. The van der Waals surface area contributed by atoms with Gasteiger partial charge in [-0.05, 0) is 11.8 Å². The van der Waals surface area contributed by atoms with Crippen LogP contribution in [0.1, 0.15) is 53.4 Å². The number of aliphatic carboxylic acids is 1. The number of hydrazine groups is 1. The van der Waals surface area contributed by atoms with Crippen LogP contribution in [0.5, 0.6) is 0 Å². The smallest absolute Gasteiger partial charge is 0.303 e. The van der Waals surface area contributed by atoms with E-state index < -0.39 is 16.8 Å². The Kier molecular flexibility index (Phi) is 8.46. The van der Waals surface area contributed by atoms with Gasteiger partial charge in [0.15, 0.2) is 0 Å². The molecule has 0 spiro atoms. The molecule has 8 nitrogen and oxygen atoms in total. The normalized spacial score (nSPS) is 14.0. The summed E-state index contributed by atoms with van der Waals surface area (Å²) >= 11 is 0. The zero-order valence-corrected chi connectivity index (χ0v) is 14.9. The van der Waals surface area contributed by atoms with Gasteiger partial charge in [-0.2, -0.15) is 0 Å². The summed E-state index contributed by atoms with van der Waals surface area (Å²) in [6.07, 6.45) is 2.81. The van der Waals surface area contributed by atoms with Crippen molar-refractivity contribution >= 4 is 18.2 Å². The third-order valence-corrected chi connectivity index (χ3v) is 3.78. The predicted molar refractivity (Wildman–Crippen MR) is 91.3 cm³/mol. The maximum absolute atomic E-state index is 12.0. The molecule has 0 aliphatic heterocycles. The fourth-order valence-corrected chi connectivity index (χ4v) is 2.75. The first-order valence-electron chi connectivity index (χ1n) is 7.81. The summed E-state index contributed by atoms with van der Waals surface area (Å²) in [5.41, 5.74) is 7.66. The van der Waals surface area contributed by atoms with Gasteiger partial charge in [-0.25, -0.2) is 0 Å². The van der Waals surface area contributed by atoms with Crippen LogP contribution in [0.15, 0.2) is 11.9 Å². The van der Waals surface area contributed by atoms with Crippen molar-refractivity contribution in [3.63, 3.8) is 0 Å². The van der Waals surface area contributed by atoms with Gasteiger partial charge in [0.1, 0.15) is 6.29 Å². The van der Waals surface area contributed by atoms with Crippen LogP contribution < -0.4 is 22.3 Å². The van der Waals surface area contributed by atoms with E-state index in [0.29, 0.717) is 18.5 Å². The highest BCUT2D eigenvalue weighted by Crippen LogP contribution is 2.36. The Morgan fingerprint density at radius 2 is 1.79 bits per heavy atom. The van der Waals surface area contributed by atoms with Gasteiger partial charge < -0.3 is 26.4 Å². The predicted octanol–water partition coefficient (Wildman–Crippen LogP) is 0.631. The first kappa shape index (κ1) is 21.9. The number of carbonyl (C=O) groups is 3. The molecule has 7 N–H and O–H groups in total. The molecular weight excluding hydrogens is 312 g/mol. The number of aldehydes is 1. The molecule has 0 aliphatic carbocycles. The highest BCUT2D eigenvalue weighted by Gasteiger charge is 2.36. The number of carboxylic acid groups (broad SMARTS) is 1. The first-order chi connectivity index (χ1) is 10.9. The molecule has 0 aromatic rings. The van der Waals surface area contributed by atoms with Crippen LogP contribution in [-0.2, 0) is 14.4 Å². The van der Waals surface area contributed by atoms with Crippen molar-refractivity contribution in [2.45, 2.75) is 59.4 Å². The number of rotatable bonds is 11. The van der Waals surface area contributed by atoms with E-state index in [1.165, 1.54) is 6.20 Å². The Morgan fingerprint density at radius 3 is 2.25 bits per heavy atom. The molecule has 0 radical (unpaired) electrons. The number of amides is 1. The van der Waals surface area contributed by atoms with Crippen molar-refractivity contribution in [2.24, 2.45) is 22.4 Å². The minimum absolute atomic E-state index is 0.113. The molecule has 0 aliphatic rings. The van der Waals surface area contributed by atoms with E-state index in [4.69, 9.17) is 16.7 Å². The lowest BCUT2D eigenvalue weighted by molar-refractivity contribution is -0.139. The molecule has 0 saturated heterocycles. The minimum atomic E-state index is -1.03. The van der Waals surface area contributed by atoms with Crippen molar-refractivity contribution in [3.05, 3.63) is 11.9 Å². The number of nitrogens with one attached hydrogen (secondary N) is 2. The highest BCUT2D eigenvalue weighted by molar-refractivity contribution is 5.80. The standard InChI is InChI=1S/C16H30N4O4/c1-15(2,10-21)9-16(3,4)12(7-11(17)8-19-18)20-13(22)5-6-14(23)24/h8,10,12,19H,5-7,9,17-18H2,1-4H3,(H,20,22)(H,23,24)/b11-8-. The van der Waals surface area contributed by atoms with Gasteiger partial charge in [-0.3, -0.25) is 15.4 Å². The Balaban J connectivity index is 5.23. The molecule has 1 amide bonds. The zero-order chi connectivity index (χ0) is 19.0. The van der Waals surface area contributed by atoms with Crippen molar-refractivity contribution < 1.29 is 19.5 Å². The van der Waals surface area contributed by atoms with E-state index in [9.17, 15) is 14.4 Å². The van der Waals surface area contributed by atoms with Gasteiger partial charge in [-0.1, -0.05) is 27.7 Å². The van der Waals surface area contributed by atoms with Crippen LogP contribution in [-0.4, -0.2) is 29.3 Å². The summed E-state index contributed by atoms with van der Waals surface area (Å²) in [6, 6.07) is -0.373. The average molecular weight is 342 g/mol. The van der Waals surface area contributed by atoms with Gasteiger partial charge in [0.25, 0.3) is 0 Å². The lowest BCUT2D eigenvalue weighted by Gasteiger charge is -2.39. The summed E-state index contributed by atoms with van der Waals surface area (Å²) in [5.74, 6) is 3.81. The van der Waals surface area contributed by atoms with E-state index >= 15 is 0 Å². The topological polar surface area (TPSA) is 148 Å². The third-order valence-electron chi connectivity index (χ3n) is 3.78. The first-order valence-corrected chi connectivity index (χ1v) is 7.81. The summed E-state index contributed by atoms with van der Waals surface area (Å²) in [4.78, 5) is 33.9. The van der Waals surface area contributed by atoms with Crippen LogP contribution in [0.25, 0.3) is 0 Å². The molecule has 1 unspecified atom stereocenters. The molecule has 8 heteroatoms. The maximum Gasteiger partial charge on any atom is 0.303 e. The molecule has 1 atom stereocenters. The molecule has 138 valence electrons. The number of hydrogen-bond acceptors (Lipinski definition) is 6. The van der Waals surface area contributed by atoms with Crippen LogP contribution in [0, 0.1) is 10.8 Å². The van der Waals surface area contributed by atoms with E-state index in [2.05, 4.69) is 10.7 Å². The fourth-order valence-electron chi connectivity index (χ4n) is 2.75. The van der Waals surface area contributed by atoms with Crippen molar-refractivity contribution in [2.75, 3.05) is 0 Å². The van der Waals surface area contributed by atoms with Crippen molar-refractivity contribution in [1.82, 2.24) is 10.7 Å². The summed E-state index contributed by atoms with van der Waals surface area (Å²) in [7, 11) is 0. The number of carboxylic acids is 1. The van der Waals surface area contributed by atoms with Gasteiger partial charge in [0.2, 0.25) is 5.91 Å². The molecule has 0 fully saturated rings. The van der Waals surface area contributed by atoms with Crippen LogP contribution in [0.4, 0.5) is 0 Å². The quantitative estimate of drug-likeness (QED) is 0.210. The molecule has 24 heavy (non-hydrogen) atoms. The molecule has 0 aromatic heterocycles. The summed E-state index contributed by atoms with van der Waals surface area (Å²) < 4.78 is 0. The highest BCUT2D eigenvalue weighted by atomic mass is 16.4. The lowest BCUT2D eigenvalue weighted by Crippen LogP contribution is -2.47. The molecule has 0 saturated carbocycles. The number of hydrogen-bond donors (Lipinski definition) is 5. The lowest BCUT2D eigenvalue weighted by atomic mass is 9.70. The Bertz CT molecular complexity index is 486. The summed E-state index contributed by atoms with van der Waals surface area (Å²) in [6.45, 7) is 7.52. The van der Waals surface area contributed by atoms with Gasteiger partial charge in [-0.15, -0.1) is 0 Å². The second-order valence-corrected chi connectivity index (χ2v) is 7.38. The van der Waals surface area contributed by atoms with Crippen LogP contribution in [0.2, 0.25) is 0 Å². The second-order valence-electron chi connectivity index (χ2n) is 7.38. The van der Waals surface area contributed by atoms with E-state index in [1.54, 1.807) is 0 Å². The zero-order valence-electron chi connectivity index (χ0n) is 14.9. The Labute approximate surface area is 143 Å². The SMILES string of the molecule is CC(C)(C=O)CC(C)(C)C(C/C(N)=C/NN)NC(=O)CCC(=O)O. The average Bonchev–Trinajstić information content (AvgIpc) is 2.43. The van der Waals surface area contributed by atoms with Crippen LogP contribution in [0.3, 0.4) is 0 Å². The molecular formula is C16H30N4O4. The van der Waals surface area contributed by atoms with E-state index in [0.717, 1.165) is 6.29 Å². The van der Waals surface area contributed by atoms with Gasteiger partial charge in [0.05, 0.1) is 6.42 Å². The van der Waals surface area contributed by atoms with Gasteiger partial charge >= 0.3 is 5.97 Å². The second kappa shape index (κ2) is 9.27. The number of nitrogens with two attached hydrogens (primary N) is 2. The summed E-state index contributed by atoms with van der Waals surface area (Å²) in [5, 5.41) is 11.5. The van der Waals surface area contributed by atoms with Crippen LogP contribution >= 0.6 is 0 Å². The Morgan fingerprint density at radius 1 is 1.21 bits per heavy atom. The third kappa shape index (κ3) is 8.52. The molecule has 0 heterocycles. The van der Waals surface area contributed by atoms with E-state index in [1.807, 2.05) is 27.7 Å². The minimum Gasteiger partial charge on any atom is -0.481 e. The fraction of sp³-hybridized carbons (Fsp3) is 0.688. The Hall–Kier alpha value is -2.09. The number of carbonyl (C=O) groups excluding carboxylic acids is 2. The molecule has 0 aromatic carbocycles. The molecule has 0 bridgehead atoms. The monoisotopic (exact) mass is 342 g/mol. The largest absolute Gasteiger partial charge is 0.481 e.